The summed E-state index contributed by atoms with van der Waals surface area (Å²) in [4.78, 5) is 18.2. The zero-order chi connectivity index (χ0) is 20.5. The standard InChI is InChI=1S/C23H32N4O.HI/c1-6-24-23(25-12-11-20-14-17(2)13-18(3)15-20)26-16-19-7-9-21(10-8-19)22(28)27(4)5;/h7-10,13-15H,6,11-12,16H2,1-5H3,(H2,24,25,26);1H. The summed E-state index contributed by atoms with van der Waals surface area (Å²) in [5.74, 6) is 0.816. The van der Waals surface area contributed by atoms with Gasteiger partial charge in [-0.3, -0.25) is 4.79 Å². The molecule has 29 heavy (non-hydrogen) atoms. The van der Waals surface area contributed by atoms with Gasteiger partial charge >= 0.3 is 0 Å². The van der Waals surface area contributed by atoms with Crippen molar-refractivity contribution in [3.8, 4) is 0 Å². The molecule has 0 atom stereocenters. The zero-order valence-corrected chi connectivity index (χ0v) is 20.4. The van der Waals surface area contributed by atoms with Gasteiger partial charge in [-0.25, -0.2) is 4.99 Å². The van der Waals surface area contributed by atoms with E-state index < -0.39 is 0 Å². The van der Waals surface area contributed by atoms with E-state index in [1.54, 1.807) is 19.0 Å². The van der Waals surface area contributed by atoms with Crippen LogP contribution in [-0.4, -0.2) is 44.0 Å². The topological polar surface area (TPSA) is 56.7 Å². The SMILES string of the molecule is CCNC(=NCc1ccc(C(=O)N(C)C)cc1)NCCc1cc(C)cc(C)c1.I. The Hall–Kier alpha value is -2.09. The lowest BCUT2D eigenvalue weighted by Gasteiger charge is -2.12. The lowest BCUT2D eigenvalue weighted by atomic mass is 10.1. The number of hydrogen-bond donors (Lipinski definition) is 2. The monoisotopic (exact) mass is 508 g/mol. The van der Waals surface area contributed by atoms with Crippen LogP contribution in [0, 0.1) is 13.8 Å². The van der Waals surface area contributed by atoms with Gasteiger partial charge in [0.2, 0.25) is 0 Å². The maximum absolute atomic E-state index is 12.0. The first-order chi connectivity index (χ1) is 13.4. The van der Waals surface area contributed by atoms with E-state index in [-0.39, 0.29) is 29.9 Å². The third kappa shape index (κ3) is 8.43. The Morgan fingerprint density at radius 1 is 0.966 bits per heavy atom. The molecule has 2 N–H and O–H groups in total. The van der Waals surface area contributed by atoms with E-state index in [0.717, 1.165) is 31.0 Å². The van der Waals surface area contributed by atoms with E-state index in [1.807, 2.05) is 24.3 Å². The molecule has 2 aromatic rings. The lowest BCUT2D eigenvalue weighted by Crippen LogP contribution is -2.38. The Balaban J connectivity index is 0.00000420. The number of nitrogens with one attached hydrogen (secondary N) is 2. The van der Waals surface area contributed by atoms with Crippen molar-refractivity contribution in [2.75, 3.05) is 27.2 Å². The van der Waals surface area contributed by atoms with Crippen LogP contribution >= 0.6 is 24.0 Å². The fourth-order valence-corrected chi connectivity index (χ4v) is 3.06. The maximum Gasteiger partial charge on any atom is 0.253 e. The molecule has 0 fully saturated rings. The Morgan fingerprint density at radius 2 is 1.59 bits per heavy atom. The van der Waals surface area contributed by atoms with Gasteiger partial charge in [0.15, 0.2) is 5.96 Å². The molecule has 0 bridgehead atoms. The van der Waals surface area contributed by atoms with E-state index in [2.05, 4.69) is 54.6 Å². The number of benzene rings is 2. The van der Waals surface area contributed by atoms with Gasteiger partial charge in [0.25, 0.3) is 5.91 Å². The molecule has 0 aliphatic carbocycles. The van der Waals surface area contributed by atoms with Crippen molar-refractivity contribution in [1.82, 2.24) is 15.5 Å². The minimum Gasteiger partial charge on any atom is -0.357 e. The van der Waals surface area contributed by atoms with Crippen LogP contribution in [-0.2, 0) is 13.0 Å². The van der Waals surface area contributed by atoms with Gasteiger partial charge in [-0.2, -0.15) is 0 Å². The smallest absolute Gasteiger partial charge is 0.253 e. The number of halogens is 1. The van der Waals surface area contributed by atoms with E-state index in [0.29, 0.717) is 12.1 Å². The molecule has 2 rings (SSSR count). The van der Waals surface area contributed by atoms with Crippen molar-refractivity contribution in [3.05, 3.63) is 70.3 Å². The normalized spacial score (nSPS) is 10.9. The number of hydrogen-bond acceptors (Lipinski definition) is 2. The second-order valence-corrected chi connectivity index (χ2v) is 7.26. The predicted octanol–water partition coefficient (Wildman–Crippen LogP) is 3.92. The number of carbonyl (C=O) groups excluding carboxylic acids is 1. The van der Waals surface area contributed by atoms with Crippen LogP contribution in [0.2, 0.25) is 0 Å². The Kier molecular flexibility index (Phi) is 10.7. The summed E-state index contributed by atoms with van der Waals surface area (Å²) in [5, 5.41) is 6.69. The second-order valence-electron chi connectivity index (χ2n) is 7.26. The van der Waals surface area contributed by atoms with E-state index >= 15 is 0 Å². The molecule has 0 unspecified atom stereocenters. The average Bonchev–Trinajstić information content (AvgIpc) is 2.65. The second kappa shape index (κ2) is 12.5. The predicted molar refractivity (Wildman–Crippen MR) is 132 cm³/mol. The molecule has 0 aliphatic rings. The summed E-state index contributed by atoms with van der Waals surface area (Å²) in [7, 11) is 3.51. The van der Waals surface area contributed by atoms with Crippen molar-refractivity contribution < 1.29 is 4.79 Å². The molecule has 0 heterocycles. The molecule has 6 heteroatoms. The van der Waals surface area contributed by atoms with Crippen LogP contribution in [0.3, 0.4) is 0 Å². The van der Waals surface area contributed by atoms with Crippen molar-refractivity contribution >= 4 is 35.8 Å². The first kappa shape index (κ1) is 24.9. The first-order valence-electron chi connectivity index (χ1n) is 9.79. The van der Waals surface area contributed by atoms with Gasteiger partial charge in [-0.1, -0.05) is 41.5 Å². The number of aliphatic imine (C=N–C) groups is 1. The van der Waals surface area contributed by atoms with Gasteiger partial charge in [-0.05, 0) is 50.5 Å². The van der Waals surface area contributed by atoms with Crippen molar-refractivity contribution in [2.45, 2.75) is 33.7 Å². The van der Waals surface area contributed by atoms with Crippen molar-refractivity contribution in [3.63, 3.8) is 0 Å². The number of rotatable bonds is 7. The van der Waals surface area contributed by atoms with Gasteiger partial charge in [0.1, 0.15) is 0 Å². The molecule has 0 saturated heterocycles. The minimum absolute atomic E-state index is 0. The Labute approximate surface area is 192 Å². The van der Waals surface area contributed by atoms with Crippen LogP contribution in [0.1, 0.15) is 39.5 Å². The third-order valence-corrected chi connectivity index (χ3v) is 4.36. The molecule has 1 amide bonds. The van der Waals surface area contributed by atoms with Crippen LogP contribution in [0.5, 0.6) is 0 Å². The molecule has 0 saturated carbocycles. The highest BCUT2D eigenvalue weighted by atomic mass is 127. The molecule has 158 valence electrons. The van der Waals surface area contributed by atoms with Crippen LogP contribution in [0.4, 0.5) is 0 Å². The Bertz CT molecular complexity index is 796. The quantitative estimate of drug-likeness (QED) is 0.339. The lowest BCUT2D eigenvalue weighted by molar-refractivity contribution is 0.0827. The van der Waals surface area contributed by atoms with Gasteiger partial charge < -0.3 is 15.5 Å². The Morgan fingerprint density at radius 3 is 2.14 bits per heavy atom. The molecule has 5 nitrogen and oxygen atoms in total. The van der Waals surface area contributed by atoms with E-state index in [4.69, 9.17) is 0 Å². The molecule has 0 aliphatic heterocycles. The summed E-state index contributed by atoms with van der Waals surface area (Å²) in [5.41, 5.74) is 5.69. The number of aryl methyl sites for hydroxylation is 2. The molecule has 0 aromatic heterocycles. The van der Waals surface area contributed by atoms with Crippen molar-refractivity contribution in [2.24, 2.45) is 4.99 Å². The van der Waals surface area contributed by atoms with Gasteiger partial charge in [0.05, 0.1) is 6.54 Å². The molecular weight excluding hydrogens is 475 g/mol. The highest BCUT2D eigenvalue weighted by Crippen LogP contribution is 2.09. The number of guanidine groups is 1. The third-order valence-electron chi connectivity index (χ3n) is 4.36. The fourth-order valence-electron chi connectivity index (χ4n) is 3.06. The number of nitrogens with zero attached hydrogens (tertiary/aromatic N) is 2. The summed E-state index contributed by atoms with van der Waals surface area (Å²) in [6.45, 7) is 8.52. The first-order valence-corrected chi connectivity index (χ1v) is 9.79. The average molecular weight is 508 g/mol. The molecular formula is C23H33IN4O. The van der Waals surface area contributed by atoms with Gasteiger partial charge in [0, 0.05) is 32.7 Å². The maximum atomic E-state index is 12.0. The van der Waals surface area contributed by atoms with Crippen LogP contribution in [0.15, 0.2) is 47.5 Å². The molecule has 2 aromatic carbocycles. The fraction of sp³-hybridized carbons (Fsp3) is 0.391. The highest BCUT2D eigenvalue weighted by molar-refractivity contribution is 14.0. The number of carbonyl (C=O) groups is 1. The summed E-state index contributed by atoms with van der Waals surface area (Å²) >= 11 is 0. The highest BCUT2D eigenvalue weighted by Gasteiger charge is 2.07. The van der Waals surface area contributed by atoms with E-state index in [9.17, 15) is 4.79 Å². The molecule has 0 spiro atoms. The minimum atomic E-state index is 0. The van der Waals surface area contributed by atoms with E-state index in [1.165, 1.54) is 16.7 Å². The van der Waals surface area contributed by atoms with Crippen LogP contribution in [0.25, 0.3) is 0 Å². The summed E-state index contributed by atoms with van der Waals surface area (Å²) in [6.07, 6.45) is 0.953. The van der Waals surface area contributed by atoms with Crippen molar-refractivity contribution in [1.29, 1.82) is 0 Å². The van der Waals surface area contributed by atoms with Gasteiger partial charge in [-0.15, -0.1) is 24.0 Å². The van der Waals surface area contributed by atoms with Crippen LogP contribution < -0.4 is 10.6 Å². The molecule has 0 radical (unpaired) electrons. The number of amides is 1. The summed E-state index contributed by atoms with van der Waals surface area (Å²) in [6, 6.07) is 14.3. The largest absolute Gasteiger partial charge is 0.357 e. The zero-order valence-electron chi connectivity index (χ0n) is 18.1. The summed E-state index contributed by atoms with van der Waals surface area (Å²) < 4.78 is 0.